The van der Waals surface area contributed by atoms with Gasteiger partial charge in [-0.3, -0.25) is 14.4 Å². The first-order chi connectivity index (χ1) is 22.0. The van der Waals surface area contributed by atoms with Crippen molar-refractivity contribution in [3.05, 3.63) is 69.6 Å². The quantitative estimate of drug-likeness (QED) is 0.184. The Morgan fingerprint density at radius 3 is 2.43 bits per heavy atom. The molecule has 4 aromatic rings. The molecule has 1 aliphatic rings. The van der Waals surface area contributed by atoms with Gasteiger partial charge in [0.15, 0.2) is 11.5 Å². The fourth-order valence-corrected chi connectivity index (χ4v) is 6.00. The Morgan fingerprint density at radius 2 is 1.76 bits per heavy atom. The highest BCUT2D eigenvalue weighted by molar-refractivity contribution is 5.97. The van der Waals surface area contributed by atoms with E-state index in [1.54, 1.807) is 27.2 Å². The molecule has 0 spiro atoms. The average molecular weight is 628 g/mol. The molecule has 4 N–H and O–H groups in total. The van der Waals surface area contributed by atoms with Crippen LogP contribution in [0.4, 0.5) is 11.4 Å². The zero-order chi connectivity index (χ0) is 33.1. The second-order valence-electron chi connectivity index (χ2n) is 12.0. The largest absolute Gasteiger partial charge is 0.493 e. The number of rotatable bonds is 10. The van der Waals surface area contributed by atoms with E-state index in [1.807, 2.05) is 30.3 Å². The summed E-state index contributed by atoms with van der Waals surface area (Å²) in [5.74, 6) is 2.26. The molecular formula is C35H41N5O6. The van der Waals surface area contributed by atoms with Crippen molar-refractivity contribution in [2.45, 2.75) is 59.0 Å². The molecule has 0 radical (unpaired) electrons. The number of benzene rings is 2. The number of carbonyl (C=O) groups is 2. The summed E-state index contributed by atoms with van der Waals surface area (Å²) < 4.78 is 17.1. The molecule has 3 aromatic carbocycles. The predicted octanol–water partition coefficient (Wildman–Crippen LogP) is 5.38. The lowest BCUT2D eigenvalue weighted by atomic mass is 9.95. The number of nitrogens with zero attached hydrogens (tertiary/aromatic N) is 1. The van der Waals surface area contributed by atoms with Crippen LogP contribution in [-0.4, -0.2) is 49.2 Å². The number of anilines is 2. The first kappa shape index (κ1) is 32.3. The standard InChI is InChI=1S/C35H41N5O6/c1-18(2)14-31-39-26-12-9-22(16-28(26)40-31)38-35(43)19(3)36-27-13-10-23-24(17-29(27)42)25(37-20(4)41)11-8-21-15-30(44-5)33(45-6)34(46-7)32(21)23/h9-10,12-13,15-19,25H,8,11,14H2,1-7H3,(H,36,42)(H,37,41)(H,38,43)(H,39,40)/t19-,25+/m1/s1. The van der Waals surface area contributed by atoms with E-state index in [0.717, 1.165) is 34.4 Å². The van der Waals surface area contributed by atoms with E-state index < -0.39 is 12.1 Å². The zero-order valence-corrected chi connectivity index (χ0v) is 27.3. The number of methoxy groups -OCH3 is 3. The molecule has 0 aliphatic heterocycles. The van der Waals surface area contributed by atoms with Crippen molar-refractivity contribution in [3.8, 4) is 28.4 Å². The molecule has 0 saturated carbocycles. The van der Waals surface area contributed by atoms with Crippen LogP contribution >= 0.6 is 0 Å². The van der Waals surface area contributed by atoms with Crippen molar-refractivity contribution in [3.63, 3.8) is 0 Å². The Labute approximate surface area is 268 Å². The van der Waals surface area contributed by atoms with Crippen LogP contribution in [0.3, 0.4) is 0 Å². The lowest BCUT2D eigenvalue weighted by Gasteiger charge is -2.19. The Bertz CT molecular complexity index is 1850. The molecule has 1 aromatic heterocycles. The maximum Gasteiger partial charge on any atom is 0.246 e. The van der Waals surface area contributed by atoms with Crippen LogP contribution in [0, 0.1) is 5.92 Å². The number of aryl methyl sites for hydroxylation is 1. The van der Waals surface area contributed by atoms with Crippen molar-refractivity contribution < 1.29 is 23.8 Å². The van der Waals surface area contributed by atoms with E-state index in [-0.39, 0.29) is 22.9 Å². The Balaban J connectivity index is 1.48. The third-order valence-electron chi connectivity index (χ3n) is 8.08. The van der Waals surface area contributed by atoms with Crippen LogP contribution < -0.4 is 35.6 Å². The number of carbonyl (C=O) groups excluding carboxylic acids is 2. The van der Waals surface area contributed by atoms with E-state index in [4.69, 9.17) is 14.2 Å². The highest BCUT2D eigenvalue weighted by Crippen LogP contribution is 2.50. The molecule has 2 amide bonds. The number of imidazole rings is 1. The number of hydrogen-bond acceptors (Lipinski definition) is 8. The number of H-pyrrole nitrogens is 1. The normalized spacial score (nSPS) is 14.5. The fraction of sp³-hybridized carbons (Fsp3) is 0.371. The molecule has 11 heteroatoms. The number of fused-ring (bicyclic) bond motifs is 4. The summed E-state index contributed by atoms with van der Waals surface area (Å²) in [7, 11) is 4.65. The molecule has 1 heterocycles. The smallest absolute Gasteiger partial charge is 0.246 e. The van der Waals surface area contributed by atoms with Gasteiger partial charge in [-0.15, -0.1) is 0 Å². The number of aromatic nitrogens is 2. The second-order valence-corrected chi connectivity index (χ2v) is 12.0. The summed E-state index contributed by atoms with van der Waals surface area (Å²) in [6, 6.07) is 11.2. The van der Waals surface area contributed by atoms with Crippen molar-refractivity contribution in [2.75, 3.05) is 32.0 Å². The third kappa shape index (κ3) is 6.63. The summed E-state index contributed by atoms with van der Waals surface area (Å²) in [6.07, 6.45) is 1.97. The molecule has 11 nitrogen and oxygen atoms in total. The van der Waals surface area contributed by atoms with Gasteiger partial charge in [0, 0.05) is 24.6 Å². The van der Waals surface area contributed by atoms with Gasteiger partial charge >= 0.3 is 0 Å². The van der Waals surface area contributed by atoms with Gasteiger partial charge in [0.2, 0.25) is 23.0 Å². The molecule has 242 valence electrons. The Morgan fingerprint density at radius 1 is 1.00 bits per heavy atom. The molecule has 0 saturated heterocycles. The second kappa shape index (κ2) is 13.5. The number of ether oxygens (including phenoxy) is 3. The zero-order valence-electron chi connectivity index (χ0n) is 27.3. The van der Waals surface area contributed by atoms with E-state index in [1.165, 1.54) is 20.1 Å². The molecule has 2 atom stereocenters. The fourth-order valence-electron chi connectivity index (χ4n) is 6.00. The van der Waals surface area contributed by atoms with Gasteiger partial charge in [0.25, 0.3) is 0 Å². The third-order valence-corrected chi connectivity index (χ3v) is 8.08. The molecule has 0 unspecified atom stereocenters. The molecule has 0 fully saturated rings. The molecule has 1 aliphatic carbocycles. The molecule has 5 rings (SSSR count). The van der Waals surface area contributed by atoms with Gasteiger partial charge < -0.3 is 35.1 Å². The number of nitrogens with one attached hydrogen (secondary N) is 4. The first-order valence-electron chi connectivity index (χ1n) is 15.4. The van der Waals surface area contributed by atoms with Gasteiger partial charge in [-0.1, -0.05) is 19.9 Å². The maximum absolute atomic E-state index is 13.7. The summed E-state index contributed by atoms with van der Waals surface area (Å²) in [5.41, 5.74) is 5.22. The van der Waals surface area contributed by atoms with E-state index >= 15 is 0 Å². The van der Waals surface area contributed by atoms with Crippen molar-refractivity contribution in [1.82, 2.24) is 15.3 Å². The number of amides is 2. The van der Waals surface area contributed by atoms with Crippen LogP contribution in [0.2, 0.25) is 0 Å². The summed E-state index contributed by atoms with van der Waals surface area (Å²) in [6.45, 7) is 7.41. The predicted molar refractivity (Wildman–Crippen MR) is 179 cm³/mol. The Kier molecular flexibility index (Phi) is 9.50. The minimum Gasteiger partial charge on any atom is -0.493 e. The van der Waals surface area contributed by atoms with Crippen LogP contribution in [-0.2, 0) is 22.4 Å². The summed E-state index contributed by atoms with van der Waals surface area (Å²) in [5, 5.41) is 9.03. The van der Waals surface area contributed by atoms with Gasteiger partial charge in [-0.25, -0.2) is 4.98 Å². The van der Waals surface area contributed by atoms with Gasteiger partial charge in [0.1, 0.15) is 11.9 Å². The average Bonchev–Trinajstić information content (AvgIpc) is 3.26. The minimum absolute atomic E-state index is 0.212. The van der Waals surface area contributed by atoms with Crippen LogP contribution in [0.1, 0.15) is 57.1 Å². The summed E-state index contributed by atoms with van der Waals surface area (Å²) in [4.78, 5) is 47.1. The number of aromatic amines is 1. The Hall–Kier alpha value is -5.06. The highest BCUT2D eigenvalue weighted by atomic mass is 16.5. The summed E-state index contributed by atoms with van der Waals surface area (Å²) >= 11 is 0. The monoisotopic (exact) mass is 627 g/mol. The van der Waals surface area contributed by atoms with Crippen LogP contribution in [0.15, 0.2) is 47.3 Å². The van der Waals surface area contributed by atoms with Gasteiger partial charge in [-0.2, -0.15) is 0 Å². The SMILES string of the molecule is COc1cc2c(c(OC)c1OC)-c1ccc(N[C@H](C)C(=O)Nc3ccc4nc(CC(C)C)[nH]c4c3)c(=O)cc1[C@@H](NC(C)=O)CC2. The lowest BCUT2D eigenvalue weighted by molar-refractivity contribution is -0.119. The maximum atomic E-state index is 13.7. The minimum atomic E-state index is -0.749. The van der Waals surface area contributed by atoms with Crippen LogP contribution in [0.25, 0.3) is 22.2 Å². The van der Waals surface area contributed by atoms with Gasteiger partial charge in [0.05, 0.1) is 44.1 Å². The van der Waals surface area contributed by atoms with E-state index in [2.05, 4.69) is 39.8 Å². The van der Waals surface area contributed by atoms with E-state index in [9.17, 15) is 14.4 Å². The first-order valence-corrected chi connectivity index (χ1v) is 15.4. The van der Waals surface area contributed by atoms with Crippen molar-refractivity contribution in [2.24, 2.45) is 5.92 Å². The number of hydrogen-bond donors (Lipinski definition) is 4. The molecule has 0 bridgehead atoms. The lowest BCUT2D eigenvalue weighted by Crippen LogP contribution is -2.33. The topological polar surface area (TPSA) is 144 Å². The molecule has 46 heavy (non-hydrogen) atoms. The molecular weight excluding hydrogens is 586 g/mol. The van der Waals surface area contributed by atoms with Gasteiger partial charge in [-0.05, 0) is 78.8 Å². The van der Waals surface area contributed by atoms with Crippen molar-refractivity contribution in [1.29, 1.82) is 0 Å². The van der Waals surface area contributed by atoms with Crippen molar-refractivity contribution >= 4 is 34.2 Å². The van der Waals surface area contributed by atoms with Crippen LogP contribution in [0.5, 0.6) is 17.2 Å². The highest BCUT2D eigenvalue weighted by Gasteiger charge is 2.29. The van der Waals surface area contributed by atoms with E-state index in [0.29, 0.717) is 52.8 Å².